The van der Waals surface area contributed by atoms with Crippen molar-refractivity contribution < 1.29 is 14.8 Å². The Morgan fingerprint density at radius 3 is 2.54 bits per heavy atom. The Hall–Kier alpha value is -2.99. The number of aliphatic hydroxyl groups is 1. The minimum absolute atomic E-state index is 0.00139. The Morgan fingerprint density at radius 1 is 1.21 bits per heavy atom. The second-order valence-electron chi connectivity index (χ2n) is 5.15. The Balaban J connectivity index is 2.33. The fraction of sp³-hybridized carbons (Fsp3) is 0.0588. The Morgan fingerprint density at radius 2 is 1.92 bits per heavy atom. The maximum atomic E-state index is 12.0. The van der Waals surface area contributed by atoms with Crippen molar-refractivity contribution in [2.45, 2.75) is 6.92 Å². The van der Waals surface area contributed by atoms with E-state index in [0.29, 0.717) is 16.3 Å². The van der Waals surface area contributed by atoms with Gasteiger partial charge in [-0.2, -0.15) is 0 Å². The lowest BCUT2D eigenvalue weighted by Crippen LogP contribution is -2.08. The summed E-state index contributed by atoms with van der Waals surface area (Å²) < 4.78 is 0. The predicted octanol–water partition coefficient (Wildman–Crippen LogP) is 4.24. The van der Waals surface area contributed by atoms with Crippen molar-refractivity contribution in [3.05, 3.63) is 74.3 Å². The highest BCUT2D eigenvalue weighted by Gasteiger charge is 2.36. The van der Waals surface area contributed by atoms with Gasteiger partial charge in [-0.25, -0.2) is 4.99 Å². The van der Waals surface area contributed by atoms with Gasteiger partial charge in [-0.1, -0.05) is 35.9 Å². The first kappa shape index (κ1) is 15.9. The number of ketones is 1. The van der Waals surface area contributed by atoms with Crippen molar-refractivity contribution >= 4 is 40.2 Å². The molecule has 0 spiro atoms. The van der Waals surface area contributed by atoms with Crippen LogP contribution < -0.4 is 0 Å². The molecule has 120 valence electrons. The van der Waals surface area contributed by atoms with Gasteiger partial charge in [-0.3, -0.25) is 14.9 Å². The third-order valence-corrected chi connectivity index (χ3v) is 3.96. The number of nitro benzene ring substituents is 1. The lowest BCUT2D eigenvalue weighted by molar-refractivity contribution is -0.385. The largest absolute Gasteiger partial charge is 0.506 e. The van der Waals surface area contributed by atoms with Crippen molar-refractivity contribution in [2.75, 3.05) is 0 Å². The monoisotopic (exact) mass is 342 g/mol. The molecule has 3 rings (SSSR count). The first-order chi connectivity index (χ1) is 11.4. The minimum atomic E-state index is -0.606. The van der Waals surface area contributed by atoms with E-state index >= 15 is 0 Å². The highest BCUT2D eigenvalue weighted by Crippen LogP contribution is 2.39. The van der Waals surface area contributed by atoms with Crippen LogP contribution in [0.1, 0.15) is 18.1 Å². The van der Waals surface area contributed by atoms with Crippen LogP contribution in [0, 0.1) is 10.1 Å². The summed E-state index contributed by atoms with van der Waals surface area (Å²) in [5.41, 5.74) is 0.560. The molecule has 0 atom stereocenters. The number of nitro groups is 1. The van der Waals surface area contributed by atoms with Gasteiger partial charge in [0.1, 0.15) is 11.3 Å². The van der Waals surface area contributed by atoms with E-state index in [1.807, 2.05) is 0 Å². The van der Waals surface area contributed by atoms with Gasteiger partial charge in [0.05, 0.1) is 26.9 Å². The third-order valence-electron chi connectivity index (χ3n) is 3.64. The molecule has 0 amide bonds. The molecule has 2 aromatic carbocycles. The molecule has 0 aromatic heterocycles. The summed E-state index contributed by atoms with van der Waals surface area (Å²) in [6.45, 7) is 1.27. The normalized spacial score (nSPS) is 14.8. The molecule has 7 heteroatoms. The number of carbonyl (C=O) groups is 1. The number of halogens is 1. The standard InChI is InChI=1S/C17H11ClN2O4/c1-9(21)14-16(19-12-7-3-2-6-11(12)18)10-5-4-8-13(20(23)24)15(10)17(14)22/h2-8,22H,1H3. The van der Waals surface area contributed by atoms with E-state index in [1.54, 1.807) is 30.3 Å². The van der Waals surface area contributed by atoms with E-state index in [4.69, 9.17) is 11.6 Å². The zero-order chi connectivity index (χ0) is 17.4. The fourth-order valence-electron chi connectivity index (χ4n) is 2.62. The number of fused-ring (bicyclic) bond motifs is 1. The maximum Gasteiger partial charge on any atom is 0.281 e. The summed E-state index contributed by atoms with van der Waals surface area (Å²) in [5.74, 6) is -0.876. The minimum Gasteiger partial charge on any atom is -0.506 e. The van der Waals surface area contributed by atoms with Gasteiger partial charge < -0.3 is 5.11 Å². The van der Waals surface area contributed by atoms with Crippen LogP contribution in [0.5, 0.6) is 0 Å². The number of nitrogens with zero attached hydrogens (tertiary/aromatic N) is 2. The molecule has 0 radical (unpaired) electrons. The van der Waals surface area contributed by atoms with Crippen molar-refractivity contribution in [2.24, 2.45) is 4.99 Å². The zero-order valence-corrected chi connectivity index (χ0v) is 13.2. The van der Waals surface area contributed by atoms with Gasteiger partial charge in [0, 0.05) is 11.6 Å². The first-order valence-corrected chi connectivity index (χ1v) is 7.35. The van der Waals surface area contributed by atoms with Crippen LogP contribution in [0.4, 0.5) is 11.4 Å². The molecule has 24 heavy (non-hydrogen) atoms. The molecule has 2 aromatic rings. The maximum absolute atomic E-state index is 12.0. The molecule has 1 aliphatic carbocycles. The number of rotatable bonds is 3. The van der Waals surface area contributed by atoms with Gasteiger partial charge in [-0.05, 0) is 19.1 Å². The number of hydrogen-bond donors (Lipinski definition) is 1. The van der Waals surface area contributed by atoms with Crippen molar-refractivity contribution in [1.29, 1.82) is 0 Å². The van der Waals surface area contributed by atoms with E-state index in [2.05, 4.69) is 4.99 Å². The van der Waals surface area contributed by atoms with Crippen LogP contribution in [0.3, 0.4) is 0 Å². The van der Waals surface area contributed by atoms with Crippen LogP contribution in [0.25, 0.3) is 5.76 Å². The Bertz CT molecular complexity index is 947. The summed E-state index contributed by atoms with van der Waals surface area (Å²) >= 11 is 6.10. The highest BCUT2D eigenvalue weighted by molar-refractivity contribution is 6.38. The average Bonchev–Trinajstić information content (AvgIpc) is 2.82. The molecule has 6 nitrogen and oxygen atoms in total. The molecule has 0 fully saturated rings. The van der Waals surface area contributed by atoms with Gasteiger partial charge >= 0.3 is 0 Å². The van der Waals surface area contributed by atoms with Crippen LogP contribution in [-0.4, -0.2) is 21.5 Å². The van der Waals surface area contributed by atoms with Crippen LogP contribution >= 0.6 is 11.6 Å². The quantitative estimate of drug-likeness (QED) is 0.666. The molecule has 0 saturated carbocycles. The van der Waals surface area contributed by atoms with Crippen molar-refractivity contribution in [1.82, 2.24) is 0 Å². The highest BCUT2D eigenvalue weighted by atomic mass is 35.5. The molecule has 0 bridgehead atoms. The van der Waals surface area contributed by atoms with E-state index in [0.717, 1.165) is 0 Å². The van der Waals surface area contributed by atoms with Gasteiger partial charge in [0.2, 0.25) is 0 Å². The SMILES string of the molecule is CC(=O)C1=C(O)c2c(cccc2[N+](=O)[O-])C1=Nc1ccccc1Cl. The number of aliphatic imine (C=N–C) groups is 1. The molecule has 0 aliphatic heterocycles. The number of Topliss-reactive ketones (excluding diaryl/α,β-unsaturated/α-hetero) is 1. The second kappa shape index (κ2) is 5.90. The molecular formula is C17H11ClN2O4. The molecule has 0 saturated heterocycles. The fourth-order valence-corrected chi connectivity index (χ4v) is 2.80. The Labute approximate surface area is 141 Å². The summed E-state index contributed by atoms with van der Waals surface area (Å²) in [7, 11) is 0. The lowest BCUT2D eigenvalue weighted by Gasteiger charge is -2.05. The predicted molar refractivity (Wildman–Crippen MR) is 91.0 cm³/mol. The number of allylic oxidation sites excluding steroid dienone is 1. The van der Waals surface area contributed by atoms with Crippen molar-refractivity contribution in [3.63, 3.8) is 0 Å². The van der Waals surface area contributed by atoms with Gasteiger partial charge in [0.15, 0.2) is 5.78 Å². The van der Waals surface area contributed by atoms with E-state index in [-0.39, 0.29) is 22.5 Å². The van der Waals surface area contributed by atoms with Gasteiger partial charge in [0.25, 0.3) is 5.69 Å². The number of carbonyl (C=O) groups excluding carboxylic acids is 1. The van der Waals surface area contributed by atoms with Crippen LogP contribution in [0.2, 0.25) is 5.02 Å². The Kier molecular flexibility index (Phi) is 3.91. The van der Waals surface area contributed by atoms with Crippen LogP contribution in [0.15, 0.2) is 53.0 Å². The number of hydrogen-bond acceptors (Lipinski definition) is 5. The zero-order valence-electron chi connectivity index (χ0n) is 12.5. The number of aliphatic hydroxyl groups excluding tert-OH is 1. The topological polar surface area (TPSA) is 92.8 Å². The number of benzene rings is 2. The van der Waals surface area contributed by atoms with E-state index < -0.39 is 16.5 Å². The molecular weight excluding hydrogens is 332 g/mol. The summed E-state index contributed by atoms with van der Waals surface area (Å²) in [4.78, 5) is 27.0. The lowest BCUT2D eigenvalue weighted by atomic mass is 10.0. The van der Waals surface area contributed by atoms with E-state index in [9.17, 15) is 20.0 Å². The smallest absolute Gasteiger partial charge is 0.281 e. The molecule has 1 N–H and O–H groups in total. The summed E-state index contributed by atoms with van der Waals surface area (Å²) in [5, 5.41) is 22.0. The van der Waals surface area contributed by atoms with E-state index in [1.165, 1.54) is 19.1 Å². The third kappa shape index (κ3) is 2.47. The van der Waals surface area contributed by atoms with Crippen LogP contribution in [-0.2, 0) is 4.79 Å². The average molecular weight is 343 g/mol. The van der Waals surface area contributed by atoms with Crippen molar-refractivity contribution in [3.8, 4) is 0 Å². The summed E-state index contributed by atoms with van der Waals surface area (Å²) in [6.07, 6.45) is 0. The summed E-state index contributed by atoms with van der Waals surface area (Å²) in [6, 6.07) is 11.1. The number of para-hydroxylation sites is 1. The molecule has 0 heterocycles. The second-order valence-corrected chi connectivity index (χ2v) is 5.56. The first-order valence-electron chi connectivity index (χ1n) is 6.97. The molecule has 1 aliphatic rings. The molecule has 0 unspecified atom stereocenters. The van der Waals surface area contributed by atoms with Gasteiger partial charge in [-0.15, -0.1) is 0 Å².